The van der Waals surface area contributed by atoms with Crippen LogP contribution >= 0.6 is 11.3 Å². The summed E-state index contributed by atoms with van der Waals surface area (Å²) in [6.07, 6.45) is 4.61. The molecule has 20 heavy (non-hydrogen) atoms. The van der Waals surface area contributed by atoms with Crippen LogP contribution in [0.4, 0.5) is 0 Å². The lowest BCUT2D eigenvalue weighted by molar-refractivity contribution is 0.357. The molecule has 104 valence electrons. The maximum Gasteiger partial charge on any atom is 0.123 e. The van der Waals surface area contributed by atoms with Gasteiger partial charge in [0.05, 0.1) is 12.3 Å². The summed E-state index contributed by atoms with van der Waals surface area (Å²) in [5, 5.41) is 4.58. The average Bonchev–Trinajstić information content (AvgIpc) is 3.11. The lowest BCUT2D eigenvalue weighted by atomic mass is 9.98. The first-order valence-electron chi connectivity index (χ1n) is 7.28. The highest BCUT2D eigenvalue weighted by Gasteiger charge is 2.24. The molecular formula is C16H18N2OS. The monoisotopic (exact) mass is 286 g/mol. The Kier molecular flexibility index (Phi) is 3.00. The Morgan fingerprint density at radius 1 is 1.35 bits per heavy atom. The lowest BCUT2D eigenvalue weighted by Crippen LogP contribution is -2.19. The van der Waals surface area contributed by atoms with Crippen molar-refractivity contribution in [3.05, 3.63) is 34.3 Å². The molecule has 1 atom stereocenters. The average molecular weight is 286 g/mol. The Bertz CT molecular complexity index is 650. The molecule has 2 aliphatic rings. The van der Waals surface area contributed by atoms with Gasteiger partial charge in [-0.25, -0.2) is 4.98 Å². The Morgan fingerprint density at radius 2 is 2.30 bits per heavy atom. The zero-order chi connectivity index (χ0) is 13.5. The van der Waals surface area contributed by atoms with Gasteiger partial charge in [0.15, 0.2) is 0 Å². The van der Waals surface area contributed by atoms with E-state index in [0.717, 1.165) is 30.2 Å². The maximum atomic E-state index is 5.58. The van der Waals surface area contributed by atoms with E-state index in [1.54, 1.807) is 0 Å². The van der Waals surface area contributed by atoms with Gasteiger partial charge in [-0.2, -0.15) is 0 Å². The summed E-state index contributed by atoms with van der Waals surface area (Å²) in [6.45, 7) is 0.814. The van der Waals surface area contributed by atoms with Crippen molar-refractivity contribution in [1.29, 1.82) is 0 Å². The van der Waals surface area contributed by atoms with Gasteiger partial charge in [-0.15, -0.1) is 11.3 Å². The lowest BCUT2D eigenvalue weighted by Gasteiger charge is -2.19. The van der Waals surface area contributed by atoms with Crippen molar-refractivity contribution in [1.82, 2.24) is 10.3 Å². The number of benzene rings is 1. The van der Waals surface area contributed by atoms with E-state index in [1.807, 2.05) is 18.4 Å². The van der Waals surface area contributed by atoms with Gasteiger partial charge in [-0.3, -0.25) is 0 Å². The molecule has 0 radical (unpaired) electrons. The highest BCUT2D eigenvalue weighted by atomic mass is 32.1. The molecular weight excluding hydrogens is 268 g/mol. The van der Waals surface area contributed by atoms with Crippen molar-refractivity contribution in [2.45, 2.75) is 31.7 Å². The van der Waals surface area contributed by atoms with E-state index in [2.05, 4.69) is 23.5 Å². The third-order valence-electron chi connectivity index (χ3n) is 4.24. The van der Waals surface area contributed by atoms with Crippen molar-refractivity contribution in [3.63, 3.8) is 0 Å². The highest BCUT2D eigenvalue weighted by Crippen LogP contribution is 2.39. The topological polar surface area (TPSA) is 34.2 Å². The second-order valence-electron chi connectivity index (χ2n) is 5.48. The van der Waals surface area contributed by atoms with Crippen molar-refractivity contribution in [2.24, 2.45) is 0 Å². The fraction of sp³-hybridized carbons (Fsp3) is 0.438. The number of hydrogen-bond donors (Lipinski definition) is 1. The highest BCUT2D eigenvalue weighted by molar-refractivity contribution is 7.15. The number of aromatic nitrogens is 1. The first-order valence-corrected chi connectivity index (χ1v) is 8.10. The largest absolute Gasteiger partial charge is 0.493 e. The molecule has 1 unspecified atom stereocenters. The number of fused-ring (bicyclic) bond motifs is 2. The van der Waals surface area contributed by atoms with Crippen LogP contribution in [-0.4, -0.2) is 18.6 Å². The summed E-state index contributed by atoms with van der Waals surface area (Å²) >= 11 is 1.85. The molecule has 0 spiro atoms. The van der Waals surface area contributed by atoms with Gasteiger partial charge in [0.2, 0.25) is 0 Å². The molecule has 4 heteroatoms. The minimum Gasteiger partial charge on any atom is -0.493 e. The van der Waals surface area contributed by atoms with Crippen LogP contribution in [0.5, 0.6) is 5.75 Å². The van der Waals surface area contributed by atoms with Crippen LogP contribution < -0.4 is 10.1 Å². The summed E-state index contributed by atoms with van der Waals surface area (Å²) in [6, 6.07) is 6.97. The maximum absolute atomic E-state index is 5.58. The molecule has 0 saturated carbocycles. The van der Waals surface area contributed by atoms with E-state index in [1.165, 1.54) is 34.5 Å². The van der Waals surface area contributed by atoms with E-state index in [9.17, 15) is 0 Å². The van der Waals surface area contributed by atoms with E-state index >= 15 is 0 Å². The van der Waals surface area contributed by atoms with Gasteiger partial charge < -0.3 is 10.1 Å². The van der Waals surface area contributed by atoms with Crippen molar-refractivity contribution >= 4 is 11.3 Å². The quantitative estimate of drug-likeness (QED) is 0.919. The van der Waals surface area contributed by atoms with E-state index in [-0.39, 0.29) is 0 Å². The first kappa shape index (κ1) is 12.4. The molecule has 4 rings (SSSR count). The van der Waals surface area contributed by atoms with Crippen LogP contribution in [0.25, 0.3) is 10.6 Å². The van der Waals surface area contributed by atoms with Crippen LogP contribution in [-0.2, 0) is 12.8 Å². The summed E-state index contributed by atoms with van der Waals surface area (Å²) in [4.78, 5) is 6.32. The molecule has 0 fully saturated rings. The van der Waals surface area contributed by atoms with Gasteiger partial charge in [0, 0.05) is 22.9 Å². The number of ether oxygens (including phenoxy) is 1. The predicted molar refractivity (Wildman–Crippen MR) is 81.5 cm³/mol. The Balaban J connectivity index is 1.74. The van der Waals surface area contributed by atoms with Crippen molar-refractivity contribution < 1.29 is 4.74 Å². The summed E-state index contributed by atoms with van der Waals surface area (Å²) < 4.78 is 5.58. The summed E-state index contributed by atoms with van der Waals surface area (Å²) in [5.41, 5.74) is 3.86. The Hall–Kier alpha value is -1.39. The molecule has 1 aliphatic heterocycles. The molecule has 2 aromatic rings. The van der Waals surface area contributed by atoms with Gasteiger partial charge >= 0.3 is 0 Å². The van der Waals surface area contributed by atoms with E-state index < -0.39 is 0 Å². The molecule has 3 nitrogen and oxygen atoms in total. The van der Waals surface area contributed by atoms with Gasteiger partial charge in [0.1, 0.15) is 10.8 Å². The molecule has 0 saturated heterocycles. The van der Waals surface area contributed by atoms with Gasteiger partial charge in [-0.1, -0.05) is 0 Å². The third-order valence-corrected chi connectivity index (χ3v) is 5.50. The molecule has 1 aliphatic carbocycles. The Morgan fingerprint density at radius 3 is 3.20 bits per heavy atom. The zero-order valence-electron chi connectivity index (χ0n) is 11.6. The summed E-state index contributed by atoms with van der Waals surface area (Å²) in [5.74, 6) is 1.04. The molecule has 0 amide bonds. The molecule has 1 aromatic carbocycles. The number of hydrogen-bond acceptors (Lipinski definition) is 4. The van der Waals surface area contributed by atoms with Crippen LogP contribution in [0.1, 0.15) is 35.0 Å². The third kappa shape index (κ3) is 1.95. The fourth-order valence-corrected chi connectivity index (χ4v) is 4.39. The molecule has 0 bridgehead atoms. The SMILES string of the molecule is CNC1CCCc2nc(-c3ccc4c(c3)CCO4)sc21. The van der Waals surface area contributed by atoms with Crippen LogP contribution in [0.2, 0.25) is 0 Å². The van der Waals surface area contributed by atoms with Crippen LogP contribution in [0.3, 0.4) is 0 Å². The second-order valence-corrected chi connectivity index (χ2v) is 6.52. The van der Waals surface area contributed by atoms with Crippen LogP contribution in [0.15, 0.2) is 18.2 Å². The van der Waals surface area contributed by atoms with Gasteiger partial charge in [-0.05, 0) is 50.1 Å². The minimum atomic E-state index is 0.489. The number of thiazole rings is 1. The number of nitrogens with zero attached hydrogens (tertiary/aromatic N) is 1. The first-order chi connectivity index (χ1) is 9.85. The second kappa shape index (κ2) is 4.86. The predicted octanol–water partition coefficient (Wildman–Crippen LogP) is 3.34. The fourth-order valence-electron chi connectivity index (χ4n) is 3.14. The summed E-state index contributed by atoms with van der Waals surface area (Å²) in [7, 11) is 2.05. The standard InChI is InChI=1S/C16H18N2OS/c1-17-12-3-2-4-13-15(12)20-16(18-13)11-5-6-14-10(9-11)7-8-19-14/h5-6,9,12,17H,2-4,7-8H2,1H3. The normalized spacial score (nSPS) is 20.4. The number of aryl methyl sites for hydroxylation is 1. The zero-order valence-corrected chi connectivity index (χ0v) is 12.4. The smallest absolute Gasteiger partial charge is 0.123 e. The van der Waals surface area contributed by atoms with Gasteiger partial charge in [0.25, 0.3) is 0 Å². The number of rotatable bonds is 2. The van der Waals surface area contributed by atoms with E-state index in [0.29, 0.717) is 6.04 Å². The molecule has 2 heterocycles. The number of nitrogens with one attached hydrogen (secondary N) is 1. The van der Waals surface area contributed by atoms with Crippen LogP contribution in [0, 0.1) is 0 Å². The molecule has 1 aromatic heterocycles. The molecule has 1 N–H and O–H groups in total. The van der Waals surface area contributed by atoms with E-state index in [4.69, 9.17) is 9.72 Å². The Labute approximate surface area is 123 Å². The van der Waals surface area contributed by atoms with Crippen molar-refractivity contribution in [3.8, 4) is 16.3 Å². The van der Waals surface area contributed by atoms with Crippen molar-refractivity contribution in [2.75, 3.05) is 13.7 Å². The minimum absolute atomic E-state index is 0.489.